The molecule has 0 aliphatic heterocycles. The van der Waals surface area contributed by atoms with Crippen molar-refractivity contribution in [3.8, 4) is 6.07 Å². The van der Waals surface area contributed by atoms with Gasteiger partial charge in [-0.1, -0.05) is 35.6 Å². The first-order valence-electron chi connectivity index (χ1n) is 8.78. The van der Waals surface area contributed by atoms with E-state index in [0.717, 1.165) is 34.6 Å². The van der Waals surface area contributed by atoms with E-state index in [0.29, 0.717) is 5.13 Å². The Kier molecular flexibility index (Phi) is 5.84. The molecule has 3 aromatic rings. The number of hydrogen-bond acceptors (Lipinski definition) is 5. The molecule has 1 heterocycles. The number of rotatable bonds is 6. The number of hydrogen-bond donors (Lipinski definition) is 1. The van der Waals surface area contributed by atoms with Crippen LogP contribution < -0.4 is 10.2 Å². The number of aromatic nitrogens is 1. The Morgan fingerprint density at radius 3 is 2.52 bits per heavy atom. The van der Waals surface area contributed by atoms with Gasteiger partial charge in [0.2, 0.25) is 0 Å². The zero-order valence-corrected chi connectivity index (χ0v) is 16.1. The van der Waals surface area contributed by atoms with Crippen LogP contribution in [0.4, 0.5) is 10.8 Å². The third-order valence-electron chi connectivity index (χ3n) is 4.21. The molecule has 0 aliphatic rings. The van der Waals surface area contributed by atoms with Crippen molar-refractivity contribution in [3.63, 3.8) is 0 Å². The molecule has 0 unspecified atom stereocenters. The Labute approximate surface area is 162 Å². The van der Waals surface area contributed by atoms with Gasteiger partial charge >= 0.3 is 0 Å². The second-order valence-corrected chi connectivity index (χ2v) is 6.91. The van der Waals surface area contributed by atoms with Gasteiger partial charge in [0.25, 0.3) is 5.91 Å². The summed E-state index contributed by atoms with van der Waals surface area (Å²) in [5.74, 6) is -0.454. The van der Waals surface area contributed by atoms with Gasteiger partial charge in [-0.05, 0) is 49.8 Å². The number of anilines is 2. The fourth-order valence-corrected chi connectivity index (χ4v) is 3.64. The van der Waals surface area contributed by atoms with Crippen molar-refractivity contribution in [3.05, 3.63) is 59.7 Å². The molecular formula is C21H20N4OS. The highest BCUT2D eigenvalue weighted by Crippen LogP contribution is 2.26. The van der Waals surface area contributed by atoms with Gasteiger partial charge in [-0.15, -0.1) is 0 Å². The lowest BCUT2D eigenvalue weighted by molar-refractivity contribution is -0.112. The van der Waals surface area contributed by atoms with Crippen LogP contribution in [0, 0.1) is 11.3 Å². The summed E-state index contributed by atoms with van der Waals surface area (Å²) in [6, 6.07) is 17.5. The van der Waals surface area contributed by atoms with Crippen LogP contribution in [0.3, 0.4) is 0 Å². The molecular weight excluding hydrogens is 356 g/mol. The second kappa shape index (κ2) is 8.47. The van der Waals surface area contributed by atoms with Gasteiger partial charge in [0.05, 0.1) is 10.2 Å². The van der Waals surface area contributed by atoms with Gasteiger partial charge in [0.1, 0.15) is 11.6 Å². The van der Waals surface area contributed by atoms with E-state index in [1.807, 2.05) is 54.6 Å². The van der Waals surface area contributed by atoms with E-state index in [1.54, 1.807) is 6.08 Å². The van der Waals surface area contributed by atoms with E-state index < -0.39 is 5.91 Å². The fraction of sp³-hybridized carbons (Fsp3) is 0.190. The van der Waals surface area contributed by atoms with E-state index in [4.69, 9.17) is 0 Å². The van der Waals surface area contributed by atoms with Gasteiger partial charge < -0.3 is 4.90 Å². The smallest absolute Gasteiger partial charge is 0.268 e. The molecule has 27 heavy (non-hydrogen) atoms. The number of amides is 1. The first kappa shape index (κ1) is 18.6. The number of para-hydroxylation sites is 1. The highest BCUT2D eigenvalue weighted by atomic mass is 32.1. The minimum atomic E-state index is -0.454. The van der Waals surface area contributed by atoms with Gasteiger partial charge in [-0.2, -0.15) is 5.26 Å². The van der Waals surface area contributed by atoms with Crippen molar-refractivity contribution in [2.45, 2.75) is 13.8 Å². The minimum Gasteiger partial charge on any atom is -0.372 e. The van der Waals surface area contributed by atoms with Crippen molar-refractivity contribution in [2.75, 3.05) is 23.3 Å². The van der Waals surface area contributed by atoms with E-state index in [9.17, 15) is 10.1 Å². The van der Waals surface area contributed by atoms with Gasteiger partial charge in [-0.3, -0.25) is 10.1 Å². The van der Waals surface area contributed by atoms with E-state index in [-0.39, 0.29) is 5.57 Å². The zero-order chi connectivity index (χ0) is 19.2. The SMILES string of the molecule is CCN(CC)c1ccc(/C=C(\C#N)C(=O)Nc2nc3ccccc3s2)cc1. The van der Waals surface area contributed by atoms with Crippen LogP contribution in [0.15, 0.2) is 54.1 Å². The van der Waals surface area contributed by atoms with Gasteiger partial charge in [0, 0.05) is 18.8 Å². The number of fused-ring (bicyclic) bond motifs is 1. The van der Waals surface area contributed by atoms with Crippen LogP contribution in [0.25, 0.3) is 16.3 Å². The Balaban J connectivity index is 1.77. The molecule has 0 saturated heterocycles. The molecule has 136 valence electrons. The third-order valence-corrected chi connectivity index (χ3v) is 5.16. The molecule has 1 amide bonds. The first-order valence-corrected chi connectivity index (χ1v) is 9.60. The number of thiazole rings is 1. The summed E-state index contributed by atoms with van der Waals surface area (Å²) in [6.07, 6.45) is 1.59. The molecule has 1 aromatic heterocycles. The van der Waals surface area contributed by atoms with E-state index in [1.165, 1.54) is 11.3 Å². The van der Waals surface area contributed by atoms with Crippen molar-refractivity contribution in [1.82, 2.24) is 4.98 Å². The predicted molar refractivity (Wildman–Crippen MR) is 112 cm³/mol. The highest BCUT2D eigenvalue weighted by molar-refractivity contribution is 7.22. The first-order chi connectivity index (χ1) is 13.1. The normalized spacial score (nSPS) is 11.2. The molecule has 0 radical (unpaired) electrons. The van der Waals surface area contributed by atoms with Crippen LogP contribution in [0.2, 0.25) is 0 Å². The largest absolute Gasteiger partial charge is 0.372 e. The number of benzene rings is 2. The lowest BCUT2D eigenvalue weighted by Crippen LogP contribution is -2.21. The molecule has 5 nitrogen and oxygen atoms in total. The average Bonchev–Trinajstić information content (AvgIpc) is 3.10. The summed E-state index contributed by atoms with van der Waals surface area (Å²) in [5.41, 5.74) is 2.80. The Morgan fingerprint density at radius 1 is 1.19 bits per heavy atom. The Bertz CT molecular complexity index is 978. The molecule has 0 spiro atoms. The average molecular weight is 376 g/mol. The topological polar surface area (TPSA) is 69.0 Å². The molecule has 3 rings (SSSR count). The summed E-state index contributed by atoms with van der Waals surface area (Å²) >= 11 is 1.38. The molecule has 2 aromatic carbocycles. The number of nitriles is 1. The quantitative estimate of drug-likeness (QED) is 0.501. The van der Waals surface area contributed by atoms with Crippen molar-refractivity contribution in [1.29, 1.82) is 5.26 Å². The van der Waals surface area contributed by atoms with E-state index >= 15 is 0 Å². The van der Waals surface area contributed by atoms with Crippen LogP contribution in [0.5, 0.6) is 0 Å². The van der Waals surface area contributed by atoms with Crippen molar-refractivity contribution < 1.29 is 4.79 Å². The maximum Gasteiger partial charge on any atom is 0.268 e. The second-order valence-electron chi connectivity index (χ2n) is 5.87. The molecule has 0 aliphatic carbocycles. The lowest BCUT2D eigenvalue weighted by atomic mass is 10.1. The van der Waals surface area contributed by atoms with Crippen LogP contribution in [0.1, 0.15) is 19.4 Å². The highest BCUT2D eigenvalue weighted by Gasteiger charge is 2.12. The van der Waals surface area contributed by atoms with E-state index in [2.05, 4.69) is 29.0 Å². The van der Waals surface area contributed by atoms with Gasteiger partial charge in [-0.25, -0.2) is 4.98 Å². The van der Waals surface area contributed by atoms with Crippen molar-refractivity contribution >= 4 is 44.4 Å². The lowest BCUT2D eigenvalue weighted by Gasteiger charge is -2.20. The Morgan fingerprint density at radius 2 is 1.89 bits per heavy atom. The number of carbonyl (C=O) groups excluding carboxylic acids is 1. The summed E-state index contributed by atoms with van der Waals surface area (Å²) in [5, 5.41) is 12.6. The van der Waals surface area contributed by atoms with Crippen molar-refractivity contribution in [2.24, 2.45) is 0 Å². The van der Waals surface area contributed by atoms with Crippen LogP contribution in [-0.2, 0) is 4.79 Å². The number of nitrogens with zero attached hydrogens (tertiary/aromatic N) is 3. The zero-order valence-electron chi connectivity index (χ0n) is 15.3. The maximum atomic E-state index is 12.4. The molecule has 0 fully saturated rings. The molecule has 1 N–H and O–H groups in total. The maximum absolute atomic E-state index is 12.4. The monoisotopic (exact) mass is 376 g/mol. The van der Waals surface area contributed by atoms with Gasteiger partial charge in [0.15, 0.2) is 5.13 Å². The molecule has 0 atom stereocenters. The van der Waals surface area contributed by atoms with Crippen LogP contribution in [-0.4, -0.2) is 24.0 Å². The number of nitrogens with one attached hydrogen (secondary N) is 1. The summed E-state index contributed by atoms with van der Waals surface area (Å²) in [6.45, 7) is 6.08. The molecule has 0 bridgehead atoms. The summed E-state index contributed by atoms with van der Waals surface area (Å²) in [4.78, 5) is 19.1. The Hall–Kier alpha value is -3.17. The summed E-state index contributed by atoms with van der Waals surface area (Å²) in [7, 11) is 0. The number of carbonyl (C=O) groups is 1. The fourth-order valence-electron chi connectivity index (χ4n) is 2.78. The standard InChI is InChI=1S/C21H20N4OS/c1-3-25(4-2)17-11-9-15(10-12-17)13-16(14-22)20(26)24-21-23-18-7-5-6-8-19(18)27-21/h5-13H,3-4H2,1-2H3,(H,23,24,26)/b16-13+. The minimum absolute atomic E-state index is 0.0462. The molecule has 6 heteroatoms. The third kappa shape index (κ3) is 4.33. The predicted octanol–water partition coefficient (Wildman–Crippen LogP) is 4.69. The van der Waals surface area contributed by atoms with Crippen LogP contribution >= 0.6 is 11.3 Å². The molecule has 0 saturated carbocycles. The summed E-state index contributed by atoms with van der Waals surface area (Å²) < 4.78 is 0.988.